The van der Waals surface area contributed by atoms with Crippen LogP contribution in [0.25, 0.3) is 11.3 Å². The summed E-state index contributed by atoms with van der Waals surface area (Å²) < 4.78 is 16.1. The molecular formula is C21H25FN4S. The van der Waals surface area contributed by atoms with Crippen molar-refractivity contribution in [2.45, 2.75) is 19.5 Å². The van der Waals surface area contributed by atoms with Gasteiger partial charge in [0.1, 0.15) is 5.82 Å². The maximum atomic E-state index is 14.3. The Hall–Kier alpha value is -2.02. The third-order valence-corrected chi connectivity index (χ3v) is 5.93. The second-order valence-electron chi connectivity index (χ2n) is 7.14. The molecule has 1 aliphatic rings. The van der Waals surface area contributed by atoms with Crippen molar-refractivity contribution in [1.29, 1.82) is 0 Å². The summed E-state index contributed by atoms with van der Waals surface area (Å²) in [6.07, 6.45) is 3.18. The minimum absolute atomic E-state index is 0.213. The van der Waals surface area contributed by atoms with Gasteiger partial charge < -0.3 is 0 Å². The Morgan fingerprint density at radius 2 is 1.78 bits per heavy atom. The van der Waals surface area contributed by atoms with Crippen LogP contribution < -0.4 is 0 Å². The Morgan fingerprint density at radius 3 is 2.52 bits per heavy atom. The lowest BCUT2D eigenvalue weighted by molar-refractivity contribution is 0.248. The Balaban J connectivity index is 1.45. The number of aryl methyl sites for hydroxylation is 1. The molecule has 1 aromatic carbocycles. The zero-order valence-electron chi connectivity index (χ0n) is 15.6. The molecular weight excluding hydrogens is 359 g/mol. The first kappa shape index (κ1) is 18.3. The SMILES string of the molecule is Cn1cc(CN2CCCN(Cc3cccs3)CC2)c(-c2ccccc2F)n1. The predicted octanol–water partition coefficient (Wildman–Crippen LogP) is 4.00. The summed E-state index contributed by atoms with van der Waals surface area (Å²) >= 11 is 1.83. The van der Waals surface area contributed by atoms with E-state index in [2.05, 4.69) is 32.4 Å². The molecule has 27 heavy (non-hydrogen) atoms. The van der Waals surface area contributed by atoms with Crippen molar-refractivity contribution in [2.24, 2.45) is 7.05 Å². The third kappa shape index (κ3) is 4.46. The van der Waals surface area contributed by atoms with Crippen molar-refractivity contribution in [2.75, 3.05) is 26.2 Å². The number of thiophene rings is 1. The topological polar surface area (TPSA) is 24.3 Å². The molecule has 0 atom stereocenters. The number of hydrogen-bond donors (Lipinski definition) is 0. The third-order valence-electron chi connectivity index (χ3n) is 5.07. The van der Waals surface area contributed by atoms with E-state index in [1.807, 2.05) is 36.7 Å². The highest BCUT2D eigenvalue weighted by atomic mass is 32.1. The highest BCUT2D eigenvalue weighted by Gasteiger charge is 2.19. The minimum atomic E-state index is -0.213. The second kappa shape index (κ2) is 8.33. The molecule has 3 heterocycles. The van der Waals surface area contributed by atoms with Crippen LogP contribution in [0.5, 0.6) is 0 Å². The zero-order valence-corrected chi connectivity index (χ0v) is 16.5. The first-order valence-electron chi connectivity index (χ1n) is 9.43. The summed E-state index contributed by atoms with van der Waals surface area (Å²) in [7, 11) is 1.90. The average molecular weight is 385 g/mol. The van der Waals surface area contributed by atoms with E-state index in [4.69, 9.17) is 0 Å². The molecule has 0 saturated carbocycles. The molecule has 1 saturated heterocycles. The van der Waals surface area contributed by atoms with Gasteiger partial charge >= 0.3 is 0 Å². The van der Waals surface area contributed by atoms with E-state index in [1.165, 1.54) is 10.9 Å². The summed E-state index contributed by atoms with van der Waals surface area (Å²) in [5, 5.41) is 6.68. The number of aromatic nitrogens is 2. The molecule has 1 aliphatic heterocycles. The van der Waals surface area contributed by atoms with Crippen LogP contribution in [-0.2, 0) is 20.1 Å². The number of halogens is 1. The molecule has 0 spiro atoms. The summed E-state index contributed by atoms with van der Waals surface area (Å²) in [6.45, 7) is 6.13. The van der Waals surface area contributed by atoms with Crippen molar-refractivity contribution in [3.8, 4) is 11.3 Å². The van der Waals surface area contributed by atoms with Gasteiger partial charge in [0.25, 0.3) is 0 Å². The van der Waals surface area contributed by atoms with E-state index in [9.17, 15) is 4.39 Å². The van der Waals surface area contributed by atoms with Gasteiger partial charge in [0.2, 0.25) is 0 Å². The quantitative estimate of drug-likeness (QED) is 0.665. The van der Waals surface area contributed by atoms with E-state index in [0.29, 0.717) is 5.56 Å². The normalized spacial score (nSPS) is 16.5. The zero-order chi connectivity index (χ0) is 18.6. The standard InChI is InChI=1S/C21H25FN4S/c1-24-14-17(21(23-24)19-7-2-3-8-20(19)22)15-25-9-5-10-26(12-11-25)16-18-6-4-13-27-18/h2-4,6-8,13-14H,5,9-12,15-16H2,1H3. The van der Waals surface area contributed by atoms with Gasteiger partial charge in [-0.2, -0.15) is 5.10 Å². The molecule has 0 N–H and O–H groups in total. The molecule has 0 unspecified atom stereocenters. The van der Waals surface area contributed by atoms with Crippen LogP contribution in [0.15, 0.2) is 48.0 Å². The van der Waals surface area contributed by atoms with Crippen LogP contribution in [0.4, 0.5) is 4.39 Å². The van der Waals surface area contributed by atoms with Crippen molar-refractivity contribution >= 4 is 11.3 Å². The van der Waals surface area contributed by atoms with Gasteiger partial charge in [-0.3, -0.25) is 14.5 Å². The van der Waals surface area contributed by atoms with Crippen molar-refractivity contribution in [1.82, 2.24) is 19.6 Å². The summed E-state index contributed by atoms with van der Waals surface area (Å²) in [4.78, 5) is 6.43. The molecule has 3 aromatic rings. The molecule has 4 nitrogen and oxygen atoms in total. The molecule has 142 valence electrons. The number of benzene rings is 1. The Kier molecular flexibility index (Phi) is 5.66. The van der Waals surface area contributed by atoms with Crippen LogP contribution in [0, 0.1) is 5.82 Å². The molecule has 0 radical (unpaired) electrons. The number of rotatable bonds is 5. The van der Waals surface area contributed by atoms with Gasteiger partial charge in [-0.15, -0.1) is 11.3 Å². The highest BCUT2D eigenvalue weighted by Crippen LogP contribution is 2.26. The van der Waals surface area contributed by atoms with Crippen molar-refractivity contribution in [3.05, 3.63) is 64.2 Å². The largest absolute Gasteiger partial charge is 0.298 e. The first-order valence-corrected chi connectivity index (χ1v) is 10.3. The summed E-state index contributed by atoms with van der Waals surface area (Å²) in [5.41, 5.74) is 2.44. The molecule has 4 rings (SSSR count). The average Bonchev–Trinajstić information content (AvgIpc) is 3.22. The van der Waals surface area contributed by atoms with Gasteiger partial charge in [-0.1, -0.05) is 18.2 Å². The minimum Gasteiger partial charge on any atom is -0.298 e. The van der Waals surface area contributed by atoms with E-state index in [-0.39, 0.29) is 5.82 Å². The fraction of sp³-hybridized carbons (Fsp3) is 0.381. The molecule has 0 amide bonds. The number of nitrogens with zero attached hydrogens (tertiary/aromatic N) is 4. The van der Waals surface area contributed by atoms with Crippen LogP contribution in [0.2, 0.25) is 0 Å². The monoisotopic (exact) mass is 384 g/mol. The fourth-order valence-electron chi connectivity index (χ4n) is 3.74. The van der Waals surface area contributed by atoms with Gasteiger partial charge in [-0.25, -0.2) is 4.39 Å². The summed E-state index contributed by atoms with van der Waals surface area (Å²) in [5.74, 6) is -0.213. The van der Waals surface area contributed by atoms with Crippen LogP contribution in [0.1, 0.15) is 16.9 Å². The van der Waals surface area contributed by atoms with Crippen LogP contribution in [-0.4, -0.2) is 45.8 Å². The Morgan fingerprint density at radius 1 is 1.00 bits per heavy atom. The Labute approximate surface area is 163 Å². The lowest BCUT2D eigenvalue weighted by atomic mass is 10.1. The van der Waals surface area contributed by atoms with Crippen molar-refractivity contribution < 1.29 is 4.39 Å². The van der Waals surface area contributed by atoms with E-state index in [1.54, 1.807) is 10.7 Å². The van der Waals surface area contributed by atoms with E-state index >= 15 is 0 Å². The molecule has 2 aromatic heterocycles. The van der Waals surface area contributed by atoms with Gasteiger partial charge in [0, 0.05) is 55.4 Å². The van der Waals surface area contributed by atoms with E-state index in [0.717, 1.165) is 56.9 Å². The molecule has 6 heteroatoms. The van der Waals surface area contributed by atoms with Gasteiger partial charge in [-0.05, 0) is 43.1 Å². The molecule has 0 aliphatic carbocycles. The van der Waals surface area contributed by atoms with Crippen LogP contribution in [0.3, 0.4) is 0 Å². The first-order chi connectivity index (χ1) is 13.2. The smallest absolute Gasteiger partial charge is 0.132 e. The van der Waals surface area contributed by atoms with Crippen LogP contribution >= 0.6 is 11.3 Å². The van der Waals surface area contributed by atoms with Gasteiger partial charge in [0.15, 0.2) is 0 Å². The van der Waals surface area contributed by atoms with Crippen molar-refractivity contribution in [3.63, 3.8) is 0 Å². The second-order valence-corrected chi connectivity index (χ2v) is 8.17. The lowest BCUT2D eigenvalue weighted by Crippen LogP contribution is -2.30. The highest BCUT2D eigenvalue weighted by molar-refractivity contribution is 7.09. The maximum absolute atomic E-state index is 14.3. The predicted molar refractivity (Wildman–Crippen MR) is 108 cm³/mol. The Bertz CT molecular complexity index is 874. The lowest BCUT2D eigenvalue weighted by Gasteiger charge is -2.21. The van der Waals surface area contributed by atoms with E-state index < -0.39 is 0 Å². The van der Waals surface area contributed by atoms with Gasteiger partial charge in [0.05, 0.1) is 5.69 Å². The maximum Gasteiger partial charge on any atom is 0.132 e. The fourth-order valence-corrected chi connectivity index (χ4v) is 4.48. The molecule has 0 bridgehead atoms. The number of hydrogen-bond acceptors (Lipinski definition) is 4. The molecule has 1 fully saturated rings. The summed E-state index contributed by atoms with van der Waals surface area (Å²) in [6, 6.07) is 11.2.